The van der Waals surface area contributed by atoms with E-state index < -0.39 is 16.1 Å². The van der Waals surface area contributed by atoms with Gasteiger partial charge >= 0.3 is 0 Å². The Hall–Kier alpha value is -2.23. The second-order valence-corrected chi connectivity index (χ2v) is 8.83. The highest BCUT2D eigenvalue weighted by atomic mass is 32.2. The van der Waals surface area contributed by atoms with Crippen molar-refractivity contribution < 1.29 is 18.0 Å². The summed E-state index contributed by atoms with van der Waals surface area (Å²) in [5.41, 5.74) is 0.823. The van der Waals surface area contributed by atoms with Gasteiger partial charge in [0.1, 0.15) is 6.04 Å². The third-order valence-electron chi connectivity index (χ3n) is 4.61. The van der Waals surface area contributed by atoms with Gasteiger partial charge in [0.25, 0.3) is 0 Å². The maximum atomic E-state index is 12.5. The van der Waals surface area contributed by atoms with Crippen molar-refractivity contribution in [2.45, 2.75) is 26.3 Å². The summed E-state index contributed by atoms with van der Waals surface area (Å²) in [5, 5.41) is 6.64. The predicted molar refractivity (Wildman–Crippen MR) is 113 cm³/mol. The second-order valence-electron chi connectivity index (χ2n) is 7.01. The van der Waals surface area contributed by atoms with E-state index in [0.717, 1.165) is 12.0 Å². The molecule has 1 aliphatic rings. The molecule has 0 aliphatic carbocycles. The Bertz CT molecular complexity index is 803. The summed E-state index contributed by atoms with van der Waals surface area (Å²) in [4.78, 5) is 25.9. The quantitative estimate of drug-likeness (QED) is 0.608. The lowest BCUT2D eigenvalue weighted by atomic mass is 10.2. The Morgan fingerprint density at radius 3 is 2.41 bits per heavy atom. The number of sulfonamides is 1. The van der Waals surface area contributed by atoms with Crippen LogP contribution >= 0.6 is 0 Å². The molecule has 1 aromatic carbocycles. The zero-order valence-corrected chi connectivity index (χ0v) is 17.8. The number of nitrogens with zero attached hydrogens (tertiary/aromatic N) is 2. The van der Waals surface area contributed by atoms with Gasteiger partial charge in [-0.05, 0) is 25.0 Å². The maximum Gasteiger partial charge on any atom is 0.242 e. The second kappa shape index (κ2) is 11.1. The van der Waals surface area contributed by atoms with Gasteiger partial charge in [-0.25, -0.2) is 8.42 Å². The fourth-order valence-corrected chi connectivity index (χ4v) is 4.09. The molecule has 1 fully saturated rings. The fraction of sp³-hybridized carbons (Fsp3) is 0.500. The summed E-state index contributed by atoms with van der Waals surface area (Å²) < 4.78 is 26.4. The summed E-state index contributed by atoms with van der Waals surface area (Å²) in [6.07, 6.45) is 2.42. The number of carbonyl (C=O) groups is 2. The van der Waals surface area contributed by atoms with Crippen LogP contribution in [0.2, 0.25) is 0 Å². The minimum atomic E-state index is -3.50. The van der Waals surface area contributed by atoms with Crippen LogP contribution in [0.5, 0.6) is 0 Å². The molecule has 1 aromatic rings. The van der Waals surface area contributed by atoms with Gasteiger partial charge in [-0.3, -0.25) is 14.5 Å². The normalized spacial score (nSPS) is 17.2. The number of amides is 2. The summed E-state index contributed by atoms with van der Waals surface area (Å²) >= 11 is 0. The van der Waals surface area contributed by atoms with Crippen LogP contribution in [0.3, 0.4) is 0 Å². The van der Waals surface area contributed by atoms with Gasteiger partial charge < -0.3 is 10.6 Å². The molecule has 1 saturated heterocycles. The molecule has 1 atom stereocenters. The largest absolute Gasteiger partial charge is 0.354 e. The summed E-state index contributed by atoms with van der Waals surface area (Å²) in [6.45, 7) is 5.88. The molecule has 160 valence electrons. The number of carbonyl (C=O) groups excluding carboxylic acids is 2. The van der Waals surface area contributed by atoms with Crippen molar-refractivity contribution in [3.8, 4) is 0 Å². The lowest BCUT2D eigenvalue weighted by Crippen LogP contribution is -2.52. The first kappa shape index (κ1) is 23.1. The molecule has 1 aliphatic heterocycles. The molecule has 2 N–H and O–H groups in total. The van der Waals surface area contributed by atoms with Gasteiger partial charge in [-0.2, -0.15) is 4.31 Å². The highest BCUT2D eigenvalue weighted by Gasteiger charge is 2.26. The highest BCUT2D eigenvalue weighted by molar-refractivity contribution is 7.92. The number of nitrogens with one attached hydrogen (secondary N) is 2. The van der Waals surface area contributed by atoms with Crippen LogP contribution in [0.4, 0.5) is 0 Å². The SMILES string of the molecule is CCCNC(=O)[C@@H](C)NC(=O)CN1CCN(S(=O)(=O)/C=C/c2ccccc2)CC1. The van der Waals surface area contributed by atoms with E-state index >= 15 is 0 Å². The smallest absolute Gasteiger partial charge is 0.242 e. The number of hydrogen-bond donors (Lipinski definition) is 2. The van der Waals surface area contributed by atoms with E-state index in [1.165, 1.54) is 9.71 Å². The Balaban J connectivity index is 1.78. The Morgan fingerprint density at radius 1 is 1.14 bits per heavy atom. The van der Waals surface area contributed by atoms with Gasteiger partial charge in [0.2, 0.25) is 21.8 Å². The number of benzene rings is 1. The first-order chi connectivity index (χ1) is 13.8. The Morgan fingerprint density at radius 2 is 1.79 bits per heavy atom. The molecule has 0 unspecified atom stereocenters. The average molecular weight is 423 g/mol. The predicted octanol–water partition coefficient (Wildman–Crippen LogP) is 0.636. The minimum absolute atomic E-state index is 0.138. The molecule has 8 nitrogen and oxygen atoms in total. The number of hydrogen-bond acceptors (Lipinski definition) is 5. The van der Waals surface area contributed by atoms with Gasteiger partial charge in [0.15, 0.2) is 0 Å². The van der Waals surface area contributed by atoms with Crippen LogP contribution in [-0.2, 0) is 19.6 Å². The molecule has 9 heteroatoms. The van der Waals surface area contributed by atoms with Crippen LogP contribution in [0.15, 0.2) is 35.7 Å². The third-order valence-corrected chi connectivity index (χ3v) is 6.18. The van der Waals surface area contributed by atoms with Gasteiger partial charge in [0.05, 0.1) is 6.54 Å². The van der Waals surface area contributed by atoms with Crippen LogP contribution in [0, 0.1) is 0 Å². The lowest BCUT2D eigenvalue weighted by Gasteiger charge is -2.33. The highest BCUT2D eigenvalue weighted by Crippen LogP contribution is 2.11. The van der Waals surface area contributed by atoms with Gasteiger partial charge in [-0.15, -0.1) is 0 Å². The topological polar surface area (TPSA) is 98.8 Å². The molecule has 0 bridgehead atoms. The molecule has 0 saturated carbocycles. The average Bonchev–Trinajstić information content (AvgIpc) is 2.71. The monoisotopic (exact) mass is 422 g/mol. The Kier molecular flexibility index (Phi) is 8.81. The fourth-order valence-electron chi connectivity index (χ4n) is 2.91. The van der Waals surface area contributed by atoms with E-state index in [4.69, 9.17) is 0 Å². The molecule has 1 heterocycles. The van der Waals surface area contributed by atoms with Crippen molar-refractivity contribution in [2.75, 3.05) is 39.3 Å². The first-order valence-electron chi connectivity index (χ1n) is 9.84. The van der Waals surface area contributed by atoms with Gasteiger partial charge in [0, 0.05) is 38.1 Å². The maximum absolute atomic E-state index is 12.5. The van der Waals surface area contributed by atoms with Crippen LogP contribution in [0.25, 0.3) is 6.08 Å². The number of rotatable bonds is 9. The summed E-state index contributed by atoms with van der Waals surface area (Å²) in [7, 11) is -3.50. The van der Waals surface area contributed by atoms with Gasteiger partial charge in [-0.1, -0.05) is 37.3 Å². The molecular formula is C20H30N4O4S. The molecule has 0 aromatic heterocycles. The van der Waals surface area contributed by atoms with Crippen molar-refractivity contribution in [1.82, 2.24) is 19.8 Å². The van der Waals surface area contributed by atoms with Crippen molar-refractivity contribution in [3.05, 3.63) is 41.3 Å². The van der Waals surface area contributed by atoms with E-state index in [9.17, 15) is 18.0 Å². The summed E-state index contributed by atoms with van der Waals surface area (Å²) in [6, 6.07) is 8.66. The Labute approximate surface area is 173 Å². The molecule has 0 spiro atoms. The number of piperazine rings is 1. The van der Waals surface area contributed by atoms with Crippen molar-refractivity contribution >= 4 is 27.9 Å². The van der Waals surface area contributed by atoms with Crippen LogP contribution in [0.1, 0.15) is 25.8 Å². The summed E-state index contributed by atoms with van der Waals surface area (Å²) in [5.74, 6) is -0.453. The molecular weight excluding hydrogens is 392 g/mol. The lowest BCUT2D eigenvalue weighted by molar-refractivity contribution is -0.129. The van der Waals surface area contributed by atoms with Crippen molar-refractivity contribution in [3.63, 3.8) is 0 Å². The first-order valence-corrected chi connectivity index (χ1v) is 11.3. The molecule has 0 radical (unpaired) electrons. The zero-order valence-electron chi connectivity index (χ0n) is 17.0. The van der Waals surface area contributed by atoms with E-state index in [2.05, 4.69) is 10.6 Å². The molecule has 2 rings (SSSR count). The molecule has 29 heavy (non-hydrogen) atoms. The van der Waals surface area contributed by atoms with E-state index in [1.807, 2.05) is 42.2 Å². The van der Waals surface area contributed by atoms with E-state index in [0.29, 0.717) is 32.7 Å². The van der Waals surface area contributed by atoms with E-state index in [-0.39, 0.29) is 18.4 Å². The van der Waals surface area contributed by atoms with Crippen molar-refractivity contribution in [1.29, 1.82) is 0 Å². The van der Waals surface area contributed by atoms with Crippen LogP contribution < -0.4 is 10.6 Å². The standard InChI is InChI=1S/C20H30N4O4S/c1-3-10-21-20(26)17(2)22-19(25)16-23-11-13-24(14-12-23)29(27,28)15-9-18-7-5-4-6-8-18/h4-9,15,17H,3,10-14,16H2,1-2H3,(H,21,26)(H,22,25)/b15-9+/t17-/m1/s1. The van der Waals surface area contributed by atoms with Crippen molar-refractivity contribution in [2.24, 2.45) is 0 Å². The zero-order chi connectivity index (χ0) is 21.3. The van der Waals surface area contributed by atoms with E-state index in [1.54, 1.807) is 13.0 Å². The molecule has 2 amide bonds. The third kappa shape index (κ3) is 7.60. The minimum Gasteiger partial charge on any atom is -0.354 e. The van der Waals surface area contributed by atoms with Crippen LogP contribution in [-0.4, -0.2) is 74.7 Å².